The van der Waals surface area contributed by atoms with Crippen molar-refractivity contribution in [1.82, 2.24) is 18.8 Å². The van der Waals surface area contributed by atoms with Gasteiger partial charge in [-0.25, -0.2) is 0 Å². The van der Waals surface area contributed by atoms with Gasteiger partial charge < -0.3 is 18.8 Å². The predicted octanol–water partition coefficient (Wildman–Crippen LogP) is 8.46. The molecule has 4 aromatic carbocycles. The molecule has 2 N–H and O–H groups in total. The van der Waals surface area contributed by atoms with Crippen LogP contribution >= 0.6 is 0 Å². The fourth-order valence-corrected chi connectivity index (χ4v) is 6.11. The molecule has 0 aliphatic carbocycles. The standard InChI is InChI=1S/2C19H18N2O/c2*1-19(2,3)13-8-9-14-16(11-13)21-15-7-5-4-6-12(15)10-17(21)18(22)20-14/h2*4-11H,1-3H3,(H,20,22). The number of para-hydroxylation sites is 2. The largest absolute Gasteiger partial charge is 0.319 e. The van der Waals surface area contributed by atoms with Gasteiger partial charge >= 0.3 is 0 Å². The van der Waals surface area contributed by atoms with Gasteiger partial charge in [-0.15, -0.1) is 0 Å². The Morgan fingerprint density at radius 2 is 0.841 bits per heavy atom. The molecule has 0 aliphatic heterocycles. The summed E-state index contributed by atoms with van der Waals surface area (Å²) >= 11 is 0. The monoisotopic (exact) mass is 580 g/mol. The molecule has 0 atom stereocenters. The number of fused-ring (bicyclic) bond motifs is 10. The van der Waals surface area contributed by atoms with Crippen molar-refractivity contribution in [1.29, 1.82) is 0 Å². The van der Waals surface area contributed by atoms with Gasteiger partial charge in [0, 0.05) is 10.8 Å². The molecule has 8 aromatic rings. The molecule has 6 nitrogen and oxygen atoms in total. The van der Waals surface area contributed by atoms with Gasteiger partial charge in [-0.3, -0.25) is 9.59 Å². The van der Waals surface area contributed by atoms with Crippen molar-refractivity contribution in [3.63, 3.8) is 0 Å². The predicted molar refractivity (Wildman–Crippen MR) is 183 cm³/mol. The number of nitrogens with zero attached hydrogens (tertiary/aromatic N) is 2. The Kier molecular flexibility index (Phi) is 6.12. The van der Waals surface area contributed by atoms with E-state index in [0.717, 1.165) is 43.9 Å². The number of H-pyrrole nitrogens is 2. The van der Waals surface area contributed by atoms with E-state index in [1.54, 1.807) is 0 Å². The van der Waals surface area contributed by atoms with Gasteiger partial charge in [-0.1, -0.05) is 90.1 Å². The van der Waals surface area contributed by atoms with Gasteiger partial charge in [-0.05, 0) is 70.5 Å². The molecule has 4 aromatic heterocycles. The number of aromatic amines is 2. The first-order chi connectivity index (χ1) is 20.9. The van der Waals surface area contributed by atoms with Crippen molar-refractivity contribution in [3.8, 4) is 0 Å². The van der Waals surface area contributed by atoms with E-state index in [-0.39, 0.29) is 21.9 Å². The van der Waals surface area contributed by atoms with Gasteiger partial charge in [-0.2, -0.15) is 0 Å². The third kappa shape index (κ3) is 4.49. The maximum absolute atomic E-state index is 12.4. The minimum Gasteiger partial charge on any atom is -0.319 e. The third-order valence-corrected chi connectivity index (χ3v) is 8.59. The lowest BCUT2D eigenvalue weighted by molar-refractivity contribution is 0.590. The highest BCUT2D eigenvalue weighted by atomic mass is 16.1. The molecule has 0 radical (unpaired) electrons. The lowest BCUT2D eigenvalue weighted by Gasteiger charge is -2.19. The summed E-state index contributed by atoms with van der Waals surface area (Å²) in [6.45, 7) is 13.2. The molecule has 4 heterocycles. The van der Waals surface area contributed by atoms with Crippen molar-refractivity contribution < 1.29 is 0 Å². The summed E-state index contributed by atoms with van der Waals surface area (Å²) < 4.78 is 4.14. The Hall–Kier alpha value is -5.10. The van der Waals surface area contributed by atoms with E-state index in [0.29, 0.717) is 11.0 Å². The topological polar surface area (TPSA) is 74.5 Å². The summed E-state index contributed by atoms with van der Waals surface area (Å²) in [6.07, 6.45) is 0. The molecule has 6 heteroatoms. The molecule has 0 aliphatic rings. The van der Waals surface area contributed by atoms with Crippen molar-refractivity contribution in [2.24, 2.45) is 0 Å². The minimum atomic E-state index is -0.0489. The normalized spacial score (nSPS) is 12.5. The fraction of sp³-hybridized carbons (Fsp3) is 0.211. The molecule has 0 amide bonds. The lowest BCUT2D eigenvalue weighted by Crippen LogP contribution is -2.13. The van der Waals surface area contributed by atoms with Crippen LogP contribution in [0, 0.1) is 0 Å². The average Bonchev–Trinajstić information content (AvgIpc) is 3.57. The summed E-state index contributed by atoms with van der Waals surface area (Å²) in [4.78, 5) is 30.7. The van der Waals surface area contributed by atoms with Crippen molar-refractivity contribution in [3.05, 3.63) is 129 Å². The van der Waals surface area contributed by atoms with Crippen molar-refractivity contribution in [2.45, 2.75) is 52.4 Å². The third-order valence-electron chi connectivity index (χ3n) is 8.59. The summed E-state index contributed by atoms with van der Waals surface area (Å²) in [6, 6.07) is 32.7. The molecule has 0 fully saturated rings. The van der Waals surface area contributed by atoms with Crippen LogP contribution in [0.25, 0.3) is 54.9 Å². The molecule has 0 bridgehead atoms. The van der Waals surface area contributed by atoms with Crippen LogP contribution in [0.5, 0.6) is 0 Å². The Balaban J connectivity index is 0.000000142. The summed E-state index contributed by atoms with van der Waals surface area (Å²) in [5.41, 5.74) is 9.90. The van der Waals surface area contributed by atoms with Gasteiger partial charge in [0.25, 0.3) is 11.1 Å². The molecular weight excluding hydrogens is 544 g/mol. The van der Waals surface area contributed by atoms with Crippen LogP contribution in [0.2, 0.25) is 0 Å². The number of nitrogens with one attached hydrogen (secondary N) is 2. The van der Waals surface area contributed by atoms with Crippen molar-refractivity contribution >= 4 is 54.9 Å². The van der Waals surface area contributed by atoms with Gasteiger partial charge in [0.2, 0.25) is 0 Å². The van der Waals surface area contributed by atoms with E-state index in [1.165, 1.54) is 11.1 Å². The van der Waals surface area contributed by atoms with Crippen LogP contribution in [0.1, 0.15) is 52.7 Å². The Bertz CT molecular complexity index is 2330. The molecule has 0 spiro atoms. The zero-order chi connectivity index (χ0) is 31.0. The van der Waals surface area contributed by atoms with E-state index in [2.05, 4.69) is 96.7 Å². The Morgan fingerprint density at radius 1 is 0.455 bits per heavy atom. The SMILES string of the molecule is CC(C)(C)c1ccc2[nH]c(=O)c3cc4ccccc4n3c2c1.CC(C)(C)c1ccc2[nH]c(=O)c3cc4ccccc4n3c2c1. The maximum Gasteiger partial charge on any atom is 0.272 e. The maximum atomic E-state index is 12.4. The molecular formula is C38H36N4O2. The number of hydrogen-bond acceptors (Lipinski definition) is 2. The first-order valence-electron chi connectivity index (χ1n) is 15.0. The Labute approximate surface area is 254 Å². The van der Waals surface area contributed by atoms with E-state index in [9.17, 15) is 9.59 Å². The molecule has 0 saturated heterocycles. The summed E-state index contributed by atoms with van der Waals surface area (Å²) in [7, 11) is 0. The first-order valence-corrected chi connectivity index (χ1v) is 15.0. The summed E-state index contributed by atoms with van der Waals surface area (Å²) in [5, 5.41) is 2.17. The van der Waals surface area contributed by atoms with Gasteiger partial charge in [0.05, 0.1) is 33.1 Å². The van der Waals surface area contributed by atoms with Crippen LogP contribution in [0.4, 0.5) is 0 Å². The zero-order valence-corrected chi connectivity index (χ0v) is 25.9. The number of hydrogen-bond donors (Lipinski definition) is 2. The molecule has 0 unspecified atom stereocenters. The second kappa shape index (κ2) is 9.71. The molecule has 8 rings (SSSR count). The van der Waals surface area contributed by atoms with Crippen LogP contribution in [0.15, 0.2) is 107 Å². The lowest BCUT2D eigenvalue weighted by atomic mass is 9.87. The number of rotatable bonds is 0. The van der Waals surface area contributed by atoms with Crippen molar-refractivity contribution in [2.75, 3.05) is 0 Å². The molecule has 44 heavy (non-hydrogen) atoms. The molecule has 220 valence electrons. The van der Waals surface area contributed by atoms with E-state index >= 15 is 0 Å². The highest BCUT2D eigenvalue weighted by Crippen LogP contribution is 2.29. The average molecular weight is 581 g/mol. The van der Waals surface area contributed by atoms with E-state index in [4.69, 9.17) is 0 Å². The number of benzene rings is 4. The van der Waals surface area contributed by atoms with Crippen LogP contribution in [0.3, 0.4) is 0 Å². The minimum absolute atomic E-state index is 0.0489. The van der Waals surface area contributed by atoms with Crippen LogP contribution in [-0.4, -0.2) is 18.8 Å². The van der Waals surface area contributed by atoms with Gasteiger partial charge in [0.15, 0.2) is 0 Å². The summed E-state index contributed by atoms with van der Waals surface area (Å²) in [5.74, 6) is 0. The van der Waals surface area contributed by atoms with E-state index in [1.807, 2.05) is 60.7 Å². The fourth-order valence-electron chi connectivity index (χ4n) is 6.11. The van der Waals surface area contributed by atoms with E-state index < -0.39 is 0 Å². The second-order valence-electron chi connectivity index (χ2n) is 13.7. The van der Waals surface area contributed by atoms with Crippen LogP contribution in [-0.2, 0) is 10.8 Å². The first kappa shape index (κ1) is 27.7. The highest BCUT2D eigenvalue weighted by molar-refractivity contribution is 5.94. The smallest absolute Gasteiger partial charge is 0.272 e. The zero-order valence-electron chi connectivity index (χ0n) is 25.9. The Morgan fingerprint density at radius 3 is 1.23 bits per heavy atom. The number of aromatic nitrogens is 4. The second-order valence-corrected chi connectivity index (χ2v) is 13.7. The molecule has 0 saturated carbocycles. The quantitative estimate of drug-likeness (QED) is 0.189. The van der Waals surface area contributed by atoms with Crippen LogP contribution < -0.4 is 11.1 Å². The van der Waals surface area contributed by atoms with Gasteiger partial charge in [0.1, 0.15) is 11.0 Å². The highest BCUT2D eigenvalue weighted by Gasteiger charge is 2.18.